The van der Waals surface area contributed by atoms with Gasteiger partial charge in [0, 0.05) is 16.7 Å². The van der Waals surface area contributed by atoms with Gasteiger partial charge in [-0.3, -0.25) is 0 Å². The van der Waals surface area contributed by atoms with E-state index in [0.29, 0.717) is 23.1 Å². The van der Waals surface area contributed by atoms with Gasteiger partial charge in [-0.15, -0.1) is 0 Å². The Bertz CT molecular complexity index is 540. The number of aromatic hydroxyl groups is 1. The Hall–Kier alpha value is -1.87. The van der Waals surface area contributed by atoms with E-state index in [0.717, 1.165) is 5.56 Å². The quantitative estimate of drug-likeness (QED) is 0.916. The van der Waals surface area contributed by atoms with Gasteiger partial charge in [0.05, 0.1) is 7.11 Å². The molecule has 94 valence electrons. The molecule has 2 aromatic carbocycles. The van der Waals surface area contributed by atoms with Gasteiger partial charge in [-0.2, -0.15) is 0 Å². The van der Waals surface area contributed by atoms with Crippen molar-refractivity contribution in [2.45, 2.75) is 6.61 Å². The van der Waals surface area contributed by atoms with Crippen LogP contribution >= 0.6 is 11.6 Å². The number of ether oxygens (including phenoxy) is 2. The lowest BCUT2D eigenvalue weighted by Crippen LogP contribution is -1.98. The predicted octanol–water partition coefficient (Wildman–Crippen LogP) is 3.63. The maximum absolute atomic E-state index is 9.35. The Morgan fingerprint density at radius 2 is 2.00 bits per heavy atom. The molecule has 0 aromatic heterocycles. The normalized spacial score (nSPS) is 10.1. The highest BCUT2D eigenvalue weighted by molar-refractivity contribution is 6.30. The minimum atomic E-state index is 0.165. The second-order valence-electron chi connectivity index (χ2n) is 3.74. The zero-order chi connectivity index (χ0) is 13.0. The summed E-state index contributed by atoms with van der Waals surface area (Å²) in [5.74, 6) is 1.45. The minimum Gasteiger partial charge on any atom is -0.508 e. The van der Waals surface area contributed by atoms with Gasteiger partial charge < -0.3 is 14.6 Å². The van der Waals surface area contributed by atoms with Gasteiger partial charge in [-0.1, -0.05) is 17.7 Å². The van der Waals surface area contributed by atoms with E-state index in [1.807, 2.05) is 12.1 Å². The summed E-state index contributed by atoms with van der Waals surface area (Å²) in [6, 6.07) is 12.1. The Balaban J connectivity index is 2.10. The van der Waals surface area contributed by atoms with E-state index < -0.39 is 0 Å². The van der Waals surface area contributed by atoms with E-state index in [2.05, 4.69) is 0 Å². The standard InChI is InChI=1S/C14H13ClO3/c1-17-14-8-12(16)6-5-10(14)9-18-13-4-2-3-11(15)7-13/h2-8,16H,9H2,1H3. The average Bonchev–Trinajstić information content (AvgIpc) is 2.37. The van der Waals surface area contributed by atoms with E-state index >= 15 is 0 Å². The lowest BCUT2D eigenvalue weighted by molar-refractivity contribution is 0.296. The van der Waals surface area contributed by atoms with Gasteiger partial charge in [0.1, 0.15) is 23.9 Å². The molecule has 0 aliphatic rings. The molecule has 18 heavy (non-hydrogen) atoms. The Morgan fingerprint density at radius 1 is 1.17 bits per heavy atom. The van der Waals surface area contributed by atoms with Crippen LogP contribution in [-0.2, 0) is 6.61 Å². The zero-order valence-electron chi connectivity index (χ0n) is 9.89. The minimum absolute atomic E-state index is 0.165. The van der Waals surface area contributed by atoms with Crippen LogP contribution in [0, 0.1) is 0 Å². The molecule has 0 saturated heterocycles. The molecule has 0 amide bonds. The van der Waals surface area contributed by atoms with Crippen LogP contribution in [0.15, 0.2) is 42.5 Å². The SMILES string of the molecule is COc1cc(O)ccc1COc1cccc(Cl)c1. The first kappa shape index (κ1) is 12.6. The molecule has 3 nitrogen and oxygen atoms in total. The van der Waals surface area contributed by atoms with E-state index in [4.69, 9.17) is 21.1 Å². The molecule has 2 rings (SSSR count). The van der Waals surface area contributed by atoms with Gasteiger partial charge in [0.25, 0.3) is 0 Å². The van der Waals surface area contributed by atoms with Gasteiger partial charge in [0.15, 0.2) is 0 Å². The summed E-state index contributed by atoms with van der Waals surface area (Å²) in [5, 5.41) is 9.98. The Labute approximate surface area is 111 Å². The van der Waals surface area contributed by atoms with Crippen LogP contribution in [0.1, 0.15) is 5.56 Å². The lowest BCUT2D eigenvalue weighted by Gasteiger charge is -2.10. The molecule has 0 fully saturated rings. The van der Waals surface area contributed by atoms with Crippen molar-refractivity contribution in [3.8, 4) is 17.2 Å². The number of hydrogen-bond donors (Lipinski definition) is 1. The molecule has 4 heteroatoms. The molecular formula is C14H13ClO3. The number of hydrogen-bond acceptors (Lipinski definition) is 3. The maximum atomic E-state index is 9.35. The highest BCUT2D eigenvalue weighted by atomic mass is 35.5. The zero-order valence-corrected chi connectivity index (χ0v) is 10.6. The number of benzene rings is 2. The van der Waals surface area contributed by atoms with Crippen molar-refractivity contribution in [3.05, 3.63) is 53.1 Å². The number of phenolic OH excluding ortho intramolecular Hbond substituents is 1. The van der Waals surface area contributed by atoms with Crippen LogP contribution in [-0.4, -0.2) is 12.2 Å². The van der Waals surface area contributed by atoms with E-state index in [1.54, 1.807) is 37.4 Å². The van der Waals surface area contributed by atoms with Gasteiger partial charge >= 0.3 is 0 Å². The highest BCUT2D eigenvalue weighted by Gasteiger charge is 2.05. The van der Waals surface area contributed by atoms with Crippen LogP contribution in [0.3, 0.4) is 0 Å². The van der Waals surface area contributed by atoms with Crippen LogP contribution in [0.2, 0.25) is 5.02 Å². The van der Waals surface area contributed by atoms with Crippen molar-refractivity contribution in [3.63, 3.8) is 0 Å². The van der Waals surface area contributed by atoms with Crippen molar-refractivity contribution in [1.82, 2.24) is 0 Å². The van der Waals surface area contributed by atoms with Crippen LogP contribution in [0.4, 0.5) is 0 Å². The first-order valence-corrected chi connectivity index (χ1v) is 5.81. The summed E-state index contributed by atoms with van der Waals surface area (Å²) in [6.07, 6.45) is 0. The van der Waals surface area contributed by atoms with Crippen LogP contribution < -0.4 is 9.47 Å². The monoisotopic (exact) mass is 264 g/mol. The fraction of sp³-hybridized carbons (Fsp3) is 0.143. The fourth-order valence-corrected chi connectivity index (χ4v) is 1.75. The molecule has 0 spiro atoms. The average molecular weight is 265 g/mol. The summed E-state index contributed by atoms with van der Waals surface area (Å²) >= 11 is 5.87. The topological polar surface area (TPSA) is 38.7 Å². The maximum Gasteiger partial charge on any atom is 0.129 e. The number of halogens is 1. The summed E-state index contributed by atoms with van der Waals surface area (Å²) in [7, 11) is 1.55. The van der Waals surface area contributed by atoms with Gasteiger partial charge in [-0.25, -0.2) is 0 Å². The second-order valence-corrected chi connectivity index (χ2v) is 4.18. The van der Waals surface area contributed by atoms with Crippen molar-refractivity contribution < 1.29 is 14.6 Å². The third-order valence-corrected chi connectivity index (χ3v) is 2.70. The van der Waals surface area contributed by atoms with Gasteiger partial charge in [0.2, 0.25) is 0 Å². The summed E-state index contributed by atoms with van der Waals surface area (Å²) in [5.41, 5.74) is 0.857. The molecule has 0 aliphatic carbocycles. The molecule has 1 N–H and O–H groups in total. The van der Waals surface area contributed by atoms with Gasteiger partial charge in [-0.05, 0) is 30.3 Å². The molecule has 0 heterocycles. The summed E-state index contributed by atoms with van der Waals surface area (Å²) < 4.78 is 10.8. The molecular weight excluding hydrogens is 252 g/mol. The molecule has 0 bridgehead atoms. The molecule has 0 atom stereocenters. The number of methoxy groups -OCH3 is 1. The first-order chi connectivity index (χ1) is 8.69. The van der Waals surface area contributed by atoms with Crippen molar-refractivity contribution in [1.29, 1.82) is 0 Å². The van der Waals surface area contributed by atoms with Crippen molar-refractivity contribution >= 4 is 11.6 Å². The van der Waals surface area contributed by atoms with E-state index in [-0.39, 0.29) is 5.75 Å². The Kier molecular flexibility index (Phi) is 3.95. The van der Waals surface area contributed by atoms with Crippen LogP contribution in [0.25, 0.3) is 0 Å². The fourth-order valence-electron chi connectivity index (χ4n) is 1.57. The summed E-state index contributed by atoms with van der Waals surface area (Å²) in [4.78, 5) is 0. The Morgan fingerprint density at radius 3 is 2.72 bits per heavy atom. The molecule has 2 aromatic rings. The van der Waals surface area contributed by atoms with Crippen molar-refractivity contribution in [2.75, 3.05) is 7.11 Å². The highest BCUT2D eigenvalue weighted by Crippen LogP contribution is 2.25. The molecule has 0 saturated carbocycles. The van der Waals surface area contributed by atoms with Crippen LogP contribution in [0.5, 0.6) is 17.2 Å². The molecule has 0 unspecified atom stereocenters. The first-order valence-electron chi connectivity index (χ1n) is 5.43. The largest absolute Gasteiger partial charge is 0.508 e. The second kappa shape index (κ2) is 5.65. The molecule has 0 aliphatic heterocycles. The third kappa shape index (κ3) is 3.08. The predicted molar refractivity (Wildman–Crippen MR) is 70.4 cm³/mol. The lowest BCUT2D eigenvalue weighted by atomic mass is 10.2. The third-order valence-electron chi connectivity index (χ3n) is 2.46. The van der Waals surface area contributed by atoms with E-state index in [9.17, 15) is 5.11 Å². The smallest absolute Gasteiger partial charge is 0.129 e. The number of phenols is 1. The number of rotatable bonds is 4. The summed E-state index contributed by atoms with van der Waals surface area (Å²) in [6.45, 7) is 0.351. The van der Waals surface area contributed by atoms with E-state index in [1.165, 1.54) is 0 Å². The molecule has 0 radical (unpaired) electrons. The van der Waals surface area contributed by atoms with Crippen molar-refractivity contribution in [2.24, 2.45) is 0 Å².